The first-order valence-corrected chi connectivity index (χ1v) is 9.62. The molecular weight excluding hydrogens is 314 g/mol. The Morgan fingerprint density at radius 2 is 1.62 bits per heavy atom. The molecule has 5 nitrogen and oxygen atoms in total. The summed E-state index contributed by atoms with van der Waals surface area (Å²) in [6.45, 7) is 13.0. The average Bonchev–Trinajstić information content (AvgIpc) is 2.18. The first kappa shape index (κ1) is 20.5. The van der Waals surface area contributed by atoms with Gasteiger partial charge in [-0.2, -0.15) is 0 Å². The predicted molar refractivity (Wildman–Crippen MR) is 86.0 cm³/mol. The molecule has 0 aromatic rings. The first-order valence-electron chi connectivity index (χ1n) is 7.15. The Morgan fingerprint density at radius 3 is 1.90 bits per heavy atom. The van der Waals surface area contributed by atoms with Gasteiger partial charge in [-0.1, -0.05) is 27.7 Å². The van der Waals surface area contributed by atoms with E-state index in [-0.39, 0.29) is 29.5 Å². The van der Waals surface area contributed by atoms with Gasteiger partial charge in [0.1, 0.15) is 5.60 Å². The van der Waals surface area contributed by atoms with Crippen molar-refractivity contribution in [1.29, 1.82) is 0 Å². The molecule has 0 aliphatic heterocycles. The van der Waals surface area contributed by atoms with Gasteiger partial charge in [0.05, 0.1) is 5.75 Å². The lowest BCUT2D eigenvalue weighted by atomic mass is 9.84. The molecule has 0 bridgehead atoms. The van der Waals surface area contributed by atoms with Crippen LogP contribution in [0.2, 0.25) is 0 Å². The summed E-state index contributed by atoms with van der Waals surface area (Å²) in [6.07, 6.45) is -0.543. The van der Waals surface area contributed by atoms with Crippen LogP contribution in [0.3, 0.4) is 0 Å². The smallest absolute Gasteiger partial charge is 0.407 e. The third-order valence-electron chi connectivity index (χ3n) is 3.11. The van der Waals surface area contributed by atoms with Crippen LogP contribution in [0.1, 0.15) is 48.5 Å². The number of ether oxygens (including phenoxy) is 1. The quantitative estimate of drug-likeness (QED) is 0.752. The minimum atomic E-state index is -3.64. The Labute approximate surface area is 133 Å². The SMILES string of the molecule is CC(C)C(CS(=O)(=O)Cl)C(NC(=O)OC(C)(C)C)C(C)C. The van der Waals surface area contributed by atoms with Crippen LogP contribution < -0.4 is 5.32 Å². The Hall–Kier alpha value is -0.490. The lowest BCUT2D eigenvalue weighted by Gasteiger charge is -2.33. The normalized spacial score (nSPS) is 15.9. The number of carbonyl (C=O) groups is 1. The van der Waals surface area contributed by atoms with Gasteiger partial charge in [0, 0.05) is 16.7 Å². The van der Waals surface area contributed by atoms with Gasteiger partial charge < -0.3 is 10.1 Å². The first-order chi connectivity index (χ1) is 9.23. The van der Waals surface area contributed by atoms with Crippen molar-refractivity contribution in [2.24, 2.45) is 17.8 Å². The number of nitrogens with one attached hydrogen (secondary N) is 1. The van der Waals surface area contributed by atoms with E-state index >= 15 is 0 Å². The molecule has 0 rings (SSSR count). The molecule has 0 fully saturated rings. The molecule has 21 heavy (non-hydrogen) atoms. The Bertz CT molecular complexity index is 440. The Balaban J connectivity index is 5.12. The van der Waals surface area contributed by atoms with Crippen molar-refractivity contribution in [3.05, 3.63) is 0 Å². The molecule has 0 aromatic heterocycles. The lowest BCUT2D eigenvalue weighted by Crippen LogP contribution is -2.49. The summed E-state index contributed by atoms with van der Waals surface area (Å²) in [5.74, 6) is -0.338. The molecule has 1 amide bonds. The fourth-order valence-corrected chi connectivity index (χ4v) is 3.64. The number of rotatable bonds is 6. The number of carbonyl (C=O) groups excluding carboxylic acids is 1. The molecule has 7 heteroatoms. The monoisotopic (exact) mass is 341 g/mol. The van der Waals surface area contributed by atoms with Gasteiger partial charge in [0.15, 0.2) is 0 Å². The molecule has 0 aliphatic rings. The summed E-state index contributed by atoms with van der Waals surface area (Å²) in [4.78, 5) is 12.0. The minimum absolute atomic E-state index is 0.0564. The minimum Gasteiger partial charge on any atom is -0.444 e. The molecule has 0 radical (unpaired) electrons. The maximum atomic E-state index is 12.0. The van der Waals surface area contributed by atoms with Crippen LogP contribution in [0.5, 0.6) is 0 Å². The fraction of sp³-hybridized carbons (Fsp3) is 0.929. The molecule has 0 aliphatic carbocycles. The van der Waals surface area contributed by atoms with E-state index in [1.165, 1.54) is 0 Å². The van der Waals surface area contributed by atoms with Gasteiger partial charge in [-0.25, -0.2) is 13.2 Å². The van der Waals surface area contributed by atoms with Crippen molar-refractivity contribution < 1.29 is 17.9 Å². The highest BCUT2D eigenvalue weighted by atomic mass is 35.7. The molecule has 2 unspecified atom stereocenters. The van der Waals surface area contributed by atoms with E-state index < -0.39 is 20.7 Å². The molecule has 0 saturated carbocycles. The van der Waals surface area contributed by atoms with Gasteiger partial charge in [0.2, 0.25) is 9.05 Å². The molecule has 0 aromatic carbocycles. The van der Waals surface area contributed by atoms with Crippen molar-refractivity contribution >= 4 is 25.8 Å². The predicted octanol–water partition coefficient (Wildman–Crippen LogP) is 3.38. The van der Waals surface area contributed by atoms with Crippen LogP contribution in [0.4, 0.5) is 4.79 Å². The Kier molecular flexibility index (Phi) is 7.50. The summed E-state index contributed by atoms with van der Waals surface area (Å²) in [5, 5.41) is 2.79. The van der Waals surface area contributed by atoms with Crippen molar-refractivity contribution in [1.82, 2.24) is 5.32 Å². The van der Waals surface area contributed by atoms with Gasteiger partial charge in [0.25, 0.3) is 0 Å². The van der Waals surface area contributed by atoms with Crippen LogP contribution in [0.25, 0.3) is 0 Å². The molecule has 0 saturated heterocycles. The summed E-state index contributed by atoms with van der Waals surface area (Å²) in [5.41, 5.74) is -0.600. The zero-order valence-corrected chi connectivity index (χ0v) is 15.5. The van der Waals surface area contributed by atoms with Crippen LogP contribution >= 0.6 is 10.7 Å². The summed E-state index contributed by atoms with van der Waals surface area (Å²) in [6, 6.07) is -0.326. The maximum Gasteiger partial charge on any atom is 0.407 e. The molecule has 126 valence electrons. The van der Waals surface area contributed by atoms with Gasteiger partial charge in [-0.15, -0.1) is 0 Å². The molecule has 0 heterocycles. The fourth-order valence-electron chi connectivity index (χ4n) is 2.15. The van der Waals surface area contributed by atoms with E-state index in [1.807, 2.05) is 27.7 Å². The summed E-state index contributed by atoms with van der Waals surface area (Å²) >= 11 is 0. The molecule has 1 N–H and O–H groups in total. The second-order valence-electron chi connectivity index (χ2n) is 7.03. The van der Waals surface area contributed by atoms with Crippen LogP contribution in [-0.4, -0.2) is 31.9 Å². The third-order valence-corrected chi connectivity index (χ3v) is 4.27. The zero-order chi connectivity index (χ0) is 17.0. The van der Waals surface area contributed by atoms with Gasteiger partial charge in [-0.3, -0.25) is 0 Å². The highest BCUT2D eigenvalue weighted by Gasteiger charge is 2.33. The number of hydrogen-bond donors (Lipinski definition) is 1. The van der Waals surface area contributed by atoms with Crippen molar-refractivity contribution in [3.63, 3.8) is 0 Å². The van der Waals surface area contributed by atoms with Crippen LogP contribution in [0, 0.1) is 17.8 Å². The Morgan fingerprint density at radius 1 is 1.14 bits per heavy atom. The highest BCUT2D eigenvalue weighted by Crippen LogP contribution is 2.24. The molecular formula is C14H28ClNO4S. The largest absolute Gasteiger partial charge is 0.444 e. The third kappa shape index (κ3) is 9.19. The summed E-state index contributed by atoms with van der Waals surface area (Å²) in [7, 11) is 1.75. The van der Waals surface area contributed by atoms with E-state index in [9.17, 15) is 13.2 Å². The summed E-state index contributed by atoms with van der Waals surface area (Å²) < 4.78 is 28.1. The van der Waals surface area contributed by atoms with Crippen molar-refractivity contribution in [2.45, 2.75) is 60.1 Å². The second kappa shape index (κ2) is 7.68. The van der Waals surface area contributed by atoms with Crippen molar-refractivity contribution in [2.75, 3.05) is 5.75 Å². The highest BCUT2D eigenvalue weighted by molar-refractivity contribution is 8.13. The van der Waals surface area contributed by atoms with Crippen LogP contribution in [-0.2, 0) is 13.8 Å². The van der Waals surface area contributed by atoms with E-state index in [0.717, 1.165) is 0 Å². The number of hydrogen-bond acceptors (Lipinski definition) is 4. The van der Waals surface area contributed by atoms with Gasteiger partial charge in [-0.05, 0) is 38.5 Å². The van der Waals surface area contributed by atoms with E-state index in [4.69, 9.17) is 15.4 Å². The van der Waals surface area contributed by atoms with E-state index in [1.54, 1.807) is 20.8 Å². The van der Waals surface area contributed by atoms with E-state index in [0.29, 0.717) is 0 Å². The number of amides is 1. The maximum absolute atomic E-state index is 12.0. The molecule has 0 spiro atoms. The van der Waals surface area contributed by atoms with Crippen molar-refractivity contribution in [3.8, 4) is 0 Å². The zero-order valence-electron chi connectivity index (χ0n) is 13.9. The van der Waals surface area contributed by atoms with E-state index in [2.05, 4.69) is 5.32 Å². The molecule has 2 atom stereocenters. The topological polar surface area (TPSA) is 72.5 Å². The van der Waals surface area contributed by atoms with Crippen LogP contribution in [0.15, 0.2) is 0 Å². The van der Waals surface area contributed by atoms with Gasteiger partial charge >= 0.3 is 6.09 Å². The number of alkyl carbamates (subject to hydrolysis) is 1. The lowest BCUT2D eigenvalue weighted by molar-refractivity contribution is 0.0458. The average molecular weight is 342 g/mol. The number of halogens is 1. The second-order valence-corrected chi connectivity index (χ2v) is 9.85. The standard InChI is InChI=1S/C14H28ClNO4S/c1-9(2)11(8-21(15,18)19)12(10(3)4)16-13(17)20-14(5,6)7/h9-12H,8H2,1-7H3,(H,16,17).